The highest BCUT2D eigenvalue weighted by Crippen LogP contribution is 2.20. The zero-order chi connectivity index (χ0) is 28.4. The Labute approximate surface area is 240 Å². The van der Waals surface area contributed by atoms with E-state index in [2.05, 4.69) is 5.32 Å². The van der Waals surface area contributed by atoms with E-state index in [9.17, 15) is 18.0 Å². The molecule has 0 aliphatic heterocycles. The van der Waals surface area contributed by atoms with Gasteiger partial charge in [-0.2, -0.15) is 4.31 Å². The molecule has 0 heterocycles. The van der Waals surface area contributed by atoms with Crippen molar-refractivity contribution in [2.24, 2.45) is 0 Å². The lowest BCUT2D eigenvalue weighted by Crippen LogP contribution is -2.53. The highest BCUT2D eigenvalue weighted by molar-refractivity contribution is 7.89. The van der Waals surface area contributed by atoms with Crippen LogP contribution >= 0.6 is 23.2 Å². The molecule has 0 aromatic heterocycles. The van der Waals surface area contributed by atoms with E-state index in [1.54, 1.807) is 18.2 Å². The number of amides is 2. The van der Waals surface area contributed by atoms with Crippen molar-refractivity contribution in [2.45, 2.75) is 43.7 Å². The molecule has 0 spiro atoms. The van der Waals surface area contributed by atoms with Gasteiger partial charge in [-0.1, -0.05) is 79.0 Å². The molecule has 3 aromatic carbocycles. The topological polar surface area (TPSA) is 86.8 Å². The number of nitrogens with zero attached hydrogens (tertiary/aromatic N) is 2. The quantitative estimate of drug-likeness (QED) is 0.279. The summed E-state index contributed by atoms with van der Waals surface area (Å²) in [5.41, 5.74) is 1.60. The van der Waals surface area contributed by atoms with Crippen LogP contribution in [0.5, 0.6) is 0 Å². The van der Waals surface area contributed by atoms with Gasteiger partial charge in [-0.15, -0.1) is 0 Å². The van der Waals surface area contributed by atoms with Crippen LogP contribution in [0.4, 0.5) is 0 Å². The molecular formula is C29H33Cl2N3O4S. The number of halogens is 2. The van der Waals surface area contributed by atoms with Crippen LogP contribution in [-0.4, -0.2) is 55.6 Å². The average molecular weight is 591 g/mol. The van der Waals surface area contributed by atoms with Crippen LogP contribution in [-0.2, 0) is 32.6 Å². The van der Waals surface area contributed by atoms with Crippen molar-refractivity contribution >= 4 is 45.0 Å². The molecule has 1 N–H and O–H groups in total. The van der Waals surface area contributed by atoms with Crippen LogP contribution < -0.4 is 5.32 Å². The normalized spacial score (nSPS) is 12.2. The Morgan fingerprint density at radius 2 is 1.56 bits per heavy atom. The van der Waals surface area contributed by atoms with Gasteiger partial charge in [-0.05, 0) is 53.9 Å². The Kier molecular flexibility index (Phi) is 11.4. The molecule has 3 rings (SSSR count). The Balaban J connectivity index is 1.95. The predicted molar refractivity (Wildman–Crippen MR) is 155 cm³/mol. The first-order valence-electron chi connectivity index (χ1n) is 12.7. The number of nitrogens with one attached hydrogen (secondary N) is 1. The Morgan fingerprint density at radius 1 is 0.897 bits per heavy atom. The summed E-state index contributed by atoms with van der Waals surface area (Å²) in [6, 6.07) is 21.3. The fourth-order valence-electron chi connectivity index (χ4n) is 4.04. The van der Waals surface area contributed by atoms with Crippen molar-refractivity contribution in [1.29, 1.82) is 0 Å². The molecule has 2 amide bonds. The van der Waals surface area contributed by atoms with Gasteiger partial charge in [0.25, 0.3) is 0 Å². The van der Waals surface area contributed by atoms with Crippen LogP contribution in [0.25, 0.3) is 0 Å². The van der Waals surface area contributed by atoms with Crippen molar-refractivity contribution in [2.75, 3.05) is 20.1 Å². The van der Waals surface area contributed by atoms with E-state index in [-0.39, 0.29) is 23.8 Å². The minimum absolute atomic E-state index is 0.0155. The van der Waals surface area contributed by atoms with Gasteiger partial charge < -0.3 is 10.2 Å². The lowest BCUT2D eigenvalue weighted by atomic mass is 10.0. The van der Waals surface area contributed by atoms with E-state index >= 15 is 0 Å². The minimum Gasteiger partial charge on any atom is -0.354 e. The molecule has 39 heavy (non-hydrogen) atoms. The summed E-state index contributed by atoms with van der Waals surface area (Å²) in [6.07, 6.45) is 1.97. The maximum Gasteiger partial charge on any atom is 0.243 e. The number of likely N-dealkylation sites (N-methyl/N-ethyl adjacent to an activating group) is 1. The molecule has 0 saturated carbocycles. The second kappa shape index (κ2) is 14.5. The van der Waals surface area contributed by atoms with Crippen LogP contribution in [0.3, 0.4) is 0 Å². The summed E-state index contributed by atoms with van der Waals surface area (Å²) >= 11 is 12.1. The number of rotatable bonds is 13. The Bertz CT molecular complexity index is 1350. The molecular weight excluding hydrogens is 557 g/mol. The summed E-state index contributed by atoms with van der Waals surface area (Å²) in [6.45, 7) is 2.12. The Hall–Kier alpha value is -2.91. The summed E-state index contributed by atoms with van der Waals surface area (Å²) in [5, 5.41) is 3.84. The van der Waals surface area contributed by atoms with Crippen molar-refractivity contribution < 1.29 is 18.0 Å². The second-order valence-corrected chi connectivity index (χ2v) is 12.1. The molecule has 0 radical (unpaired) electrons. The molecule has 0 aliphatic rings. The third kappa shape index (κ3) is 8.80. The summed E-state index contributed by atoms with van der Waals surface area (Å²) in [5.74, 6) is -0.813. The van der Waals surface area contributed by atoms with Crippen LogP contribution in [0.2, 0.25) is 10.0 Å². The maximum absolute atomic E-state index is 13.8. The van der Waals surface area contributed by atoms with Crippen molar-refractivity contribution in [3.63, 3.8) is 0 Å². The molecule has 3 aromatic rings. The standard InChI is InChI=1S/C29H33Cl2N3O4S/c1-3-4-17-32-29(36)27(19-22-9-6-5-7-10-22)34(20-23-11-8-12-25(31)18-23)28(35)21-33(2)39(37,38)26-15-13-24(30)14-16-26/h5-16,18,27H,3-4,17,19-21H2,1-2H3,(H,32,36)/t27-/m0/s1. The minimum atomic E-state index is -3.98. The summed E-state index contributed by atoms with van der Waals surface area (Å²) < 4.78 is 27.4. The van der Waals surface area contributed by atoms with Gasteiger partial charge in [0, 0.05) is 36.6 Å². The first kappa shape index (κ1) is 30.6. The molecule has 10 heteroatoms. The van der Waals surface area contributed by atoms with E-state index in [0.717, 1.165) is 28.3 Å². The van der Waals surface area contributed by atoms with Crippen LogP contribution in [0.1, 0.15) is 30.9 Å². The van der Waals surface area contributed by atoms with E-state index in [1.165, 1.54) is 36.2 Å². The fraction of sp³-hybridized carbons (Fsp3) is 0.310. The van der Waals surface area contributed by atoms with Gasteiger partial charge in [0.05, 0.1) is 11.4 Å². The number of sulfonamides is 1. The molecule has 1 atom stereocenters. The van der Waals surface area contributed by atoms with E-state index in [0.29, 0.717) is 16.6 Å². The zero-order valence-electron chi connectivity index (χ0n) is 22.0. The van der Waals surface area contributed by atoms with Crippen LogP contribution in [0.15, 0.2) is 83.8 Å². The molecule has 208 valence electrons. The molecule has 0 fully saturated rings. The van der Waals surface area contributed by atoms with Gasteiger partial charge in [0.2, 0.25) is 21.8 Å². The van der Waals surface area contributed by atoms with Gasteiger partial charge in [-0.3, -0.25) is 9.59 Å². The SMILES string of the molecule is CCCCNC(=O)[C@H](Cc1ccccc1)N(Cc1cccc(Cl)c1)C(=O)CN(C)S(=O)(=O)c1ccc(Cl)cc1. The largest absolute Gasteiger partial charge is 0.354 e. The number of carbonyl (C=O) groups is 2. The average Bonchev–Trinajstić information content (AvgIpc) is 2.91. The smallest absolute Gasteiger partial charge is 0.243 e. The van der Waals surface area contributed by atoms with E-state index < -0.39 is 28.5 Å². The lowest BCUT2D eigenvalue weighted by Gasteiger charge is -2.32. The summed E-state index contributed by atoms with van der Waals surface area (Å²) in [4.78, 5) is 28.8. The second-order valence-electron chi connectivity index (χ2n) is 9.22. The summed E-state index contributed by atoms with van der Waals surface area (Å²) in [7, 11) is -2.64. The first-order valence-corrected chi connectivity index (χ1v) is 14.9. The highest BCUT2D eigenvalue weighted by Gasteiger charge is 2.33. The van der Waals surface area contributed by atoms with Crippen molar-refractivity contribution in [3.05, 3.63) is 100 Å². The number of hydrogen-bond donors (Lipinski definition) is 1. The zero-order valence-corrected chi connectivity index (χ0v) is 24.3. The maximum atomic E-state index is 13.8. The van der Waals surface area contributed by atoms with Gasteiger partial charge in [0.15, 0.2) is 0 Å². The third-order valence-electron chi connectivity index (χ3n) is 6.22. The number of carbonyl (C=O) groups excluding carboxylic acids is 2. The van der Waals surface area contributed by atoms with E-state index in [1.807, 2.05) is 43.3 Å². The van der Waals surface area contributed by atoms with Crippen LogP contribution in [0, 0.1) is 0 Å². The number of unbranched alkanes of at least 4 members (excludes halogenated alkanes) is 1. The van der Waals surface area contributed by atoms with Crippen molar-refractivity contribution in [3.8, 4) is 0 Å². The molecule has 0 bridgehead atoms. The highest BCUT2D eigenvalue weighted by atomic mass is 35.5. The predicted octanol–water partition coefficient (Wildman–Crippen LogP) is 5.17. The first-order chi connectivity index (χ1) is 18.6. The molecule has 7 nitrogen and oxygen atoms in total. The van der Waals surface area contributed by atoms with Gasteiger partial charge >= 0.3 is 0 Å². The molecule has 0 aliphatic carbocycles. The van der Waals surface area contributed by atoms with E-state index in [4.69, 9.17) is 23.2 Å². The third-order valence-corrected chi connectivity index (χ3v) is 8.53. The fourth-order valence-corrected chi connectivity index (χ4v) is 5.50. The number of hydrogen-bond acceptors (Lipinski definition) is 4. The Morgan fingerprint density at radius 3 is 2.21 bits per heavy atom. The lowest BCUT2D eigenvalue weighted by molar-refractivity contribution is -0.141. The number of benzene rings is 3. The van der Waals surface area contributed by atoms with Crippen molar-refractivity contribution in [1.82, 2.24) is 14.5 Å². The van der Waals surface area contributed by atoms with Gasteiger partial charge in [-0.25, -0.2) is 8.42 Å². The van der Waals surface area contributed by atoms with Gasteiger partial charge in [0.1, 0.15) is 6.04 Å². The molecule has 0 saturated heterocycles. The monoisotopic (exact) mass is 589 g/mol. The molecule has 0 unspecified atom stereocenters.